The van der Waals surface area contributed by atoms with Crippen LogP contribution in [-0.2, 0) is 10.3 Å². The van der Waals surface area contributed by atoms with Crippen molar-refractivity contribution in [1.82, 2.24) is 24.9 Å². The zero-order valence-corrected chi connectivity index (χ0v) is 19.4. The normalized spacial score (nSPS) is 18.9. The van der Waals surface area contributed by atoms with Gasteiger partial charge in [0.15, 0.2) is 6.23 Å². The maximum atomic E-state index is 11.1. The number of hydrogen-bond acceptors (Lipinski definition) is 9. The summed E-state index contributed by atoms with van der Waals surface area (Å²) in [6.07, 6.45) is 5.89. The number of anilines is 1. The summed E-state index contributed by atoms with van der Waals surface area (Å²) in [4.78, 5) is 8.64. The molecule has 0 bridgehead atoms. The predicted octanol–water partition coefficient (Wildman–Crippen LogP) is 2.48. The molecule has 0 saturated carbocycles. The first-order valence-electron chi connectivity index (χ1n) is 11.9. The van der Waals surface area contributed by atoms with Crippen molar-refractivity contribution < 1.29 is 19.4 Å². The lowest BCUT2D eigenvalue weighted by atomic mass is 9.91. The Hall–Kier alpha value is -3.31. The zero-order chi connectivity index (χ0) is 24.0. The van der Waals surface area contributed by atoms with Crippen LogP contribution in [0.2, 0.25) is 0 Å². The van der Waals surface area contributed by atoms with E-state index in [0.717, 1.165) is 48.4 Å². The highest BCUT2D eigenvalue weighted by atomic mass is 16.5. The Kier molecular flexibility index (Phi) is 5.53. The van der Waals surface area contributed by atoms with Gasteiger partial charge in [-0.2, -0.15) is 5.10 Å². The number of ether oxygens (including phenoxy) is 1. The topological polar surface area (TPSA) is 130 Å². The molecule has 35 heavy (non-hydrogen) atoms. The van der Waals surface area contributed by atoms with Crippen LogP contribution in [0.25, 0.3) is 17.0 Å². The number of hydrogen-bond donors (Lipinski definition) is 4. The molecule has 0 radical (unpaired) electrons. The van der Waals surface area contributed by atoms with Gasteiger partial charge in [-0.1, -0.05) is 0 Å². The number of fused-ring (bicyclic) bond motifs is 1. The third-order valence-electron chi connectivity index (χ3n) is 6.80. The molecule has 2 aliphatic heterocycles. The molecule has 182 valence electrons. The number of aromatic nitrogens is 4. The second-order valence-corrected chi connectivity index (χ2v) is 9.40. The van der Waals surface area contributed by atoms with Crippen molar-refractivity contribution in [2.45, 2.75) is 37.5 Å². The Balaban J connectivity index is 1.31. The summed E-state index contributed by atoms with van der Waals surface area (Å²) in [5, 5.41) is 33.4. The minimum Gasteiger partial charge on any atom is -0.444 e. The van der Waals surface area contributed by atoms with Gasteiger partial charge < -0.3 is 30.0 Å². The fraction of sp³-hybridized carbons (Fsp3) is 0.400. The Bertz CT molecular complexity index is 1360. The monoisotopic (exact) mass is 476 g/mol. The lowest BCUT2D eigenvalue weighted by molar-refractivity contribution is -0.184. The van der Waals surface area contributed by atoms with E-state index >= 15 is 0 Å². The molecule has 2 aliphatic rings. The minimum absolute atomic E-state index is 0.182. The number of nitrogens with one attached hydrogen (secondary N) is 2. The van der Waals surface area contributed by atoms with E-state index in [1.807, 2.05) is 25.3 Å². The largest absolute Gasteiger partial charge is 0.444 e. The summed E-state index contributed by atoms with van der Waals surface area (Å²) < 4.78 is 12.7. The minimum atomic E-state index is -1.15. The van der Waals surface area contributed by atoms with Crippen LogP contribution in [0.5, 0.6) is 0 Å². The number of nitrogens with zero attached hydrogens (tertiary/aromatic N) is 4. The quantitative estimate of drug-likeness (QED) is 0.310. The maximum absolute atomic E-state index is 11.1. The van der Waals surface area contributed by atoms with Crippen LogP contribution in [0.15, 0.2) is 47.3 Å². The van der Waals surface area contributed by atoms with E-state index < -0.39 is 11.8 Å². The van der Waals surface area contributed by atoms with E-state index in [-0.39, 0.29) is 13.2 Å². The fourth-order valence-corrected chi connectivity index (χ4v) is 4.76. The summed E-state index contributed by atoms with van der Waals surface area (Å²) in [7, 11) is 0. The first-order chi connectivity index (χ1) is 17.0. The molecule has 2 saturated heterocycles. The van der Waals surface area contributed by atoms with Crippen LogP contribution in [0.1, 0.15) is 47.6 Å². The third-order valence-corrected chi connectivity index (χ3v) is 6.80. The molecule has 0 aliphatic carbocycles. The molecule has 6 heterocycles. The molecule has 1 atom stereocenters. The van der Waals surface area contributed by atoms with Crippen molar-refractivity contribution >= 4 is 11.2 Å². The predicted molar refractivity (Wildman–Crippen MR) is 128 cm³/mol. The number of piperidine rings is 1. The summed E-state index contributed by atoms with van der Waals surface area (Å²) in [6.45, 7) is 4.23. The molecule has 4 aromatic rings. The lowest BCUT2D eigenvalue weighted by Gasteiger charge is -2.38. The first kappa shape index (κ1) is 22.2. The van der Waals surface area contributed by atoms with Crippen LogP contribution in [-0.4, -0.2) is 56.1 Å². The van der Waals surface area contributed by atoms with Crippen molar-refractivity contribution in [1.29, 1.82) is 0 Å². The highest BCUT2D eigenvalue weighted by Crippen LogP contribution is 2.37. The van der Waals surface area contributed by atoms with Crippen LogP contribution in [0.4, 0.5) is 5.69 Å². The van der Waals surface area contributed by atoms with Gasteiger partial charge in [-0.15, -0.1) is 0 Å². The number of pyridine rings is 2. The Morgan fingerprint density at radius 2 is 2.06 bits per heavy atom. The number of aliphatic hydroxyl groups is 2. The van der Waals surface area contributed by atoms with Crippen molar-refractivity contribution in [2.24, 2.45) is 0 Å². The number of aryl methyl sites for hydroxylation is 1. The highest BCUT2D eigenvalue weighted by Gasteiger charge is 2.41. The van der Waals surface area contributed by atoms with Gasteiger partial charge in [0, 0.05) is 40.8 Å². The Labute approximate surface area is 202 Å². The van der Waals surface area contributed by atoms with Crippen LogP contribution in [0.3, 0.4) is 0 Å². The van der Waals surface area contributed by atoms with E-state index in [4.69, 9.17) is 14.3 Å². The second-order valence-electron chi connectivity index (χ2n) is 9.40. The highest BCUT2D eigenvalue weighted by molar-refractivity contribution is 5.65. The SMILES string of the molecule is Cc1cc(-c2nc(C(O)Nc3cc4cc(C5CCNCC5)nn4cc3C3(O)COC3)co2)ccn1. The van der Waals surface area contributed by atoms with Crippen molar-refractivity contribution in [2.75, 3.05) is 31.6 Å². The molecule has 10 heteroatoms. The zero-order valence-electron chi connectivity index (χ0n) is 19.4. The molecular weight excluding hydrogens is 448 g/mol. The van der Waals surface area contributed by atoms with E-state index in [1.165, 1.54) is 6.26 Å². The Morgan fingerprint density at radius 1 is 1.23 bits per heavy atom. The molecule has 1 unspecified atom stereocenters. The summed E-state index contributed by atoms with van der Waals surface area (Å²) >= 11 is 0. The number of aliphatic hydroxyl groups excluding tert-OH is 1. The molecular formula is C25H28N6O4. The second kappa shape index (κ2) is 8.72. The van der Waals surface area contributed by atoms with Gasteiger partial charge in [0.2, 0.25) is 5.89 Å². The van der Waals surface area contributed by atoms with Gasteiger partial charge in [0.25, 0.3) is 0 Å². The number of oxazole rings is 1. The Morgan fingerprint density at radius 3 is 2.80 bits per heavy atom. The van der Waals surface area contributed by atoms with E-state index in [2.05, 4.69) is 26.7 Å². The average Bonchev–Trinajstić information content (AvgIpc) is 3.50. The average molecular weight is 477 g/mol. The molecule has 0 amide bonds. The van der Waals surface area contributed by atoms with Crippen molar-refractivity contribution in [3.8, 4) is 11.5 Å². The van der Waals surface area contributed by atoms with Crippen LogP contribution >= 0.6 is 0 Å². The van der Waals surface area contributed by atoms with Crippen molar-refractivity contribution in [3.05, 3.63) is 65.6 Å². The third kappa shape index (κ3) is 4.19. The summed E-state index contributed by atoms with van der Waals surface area (Å²) in [6, 6.07) is 7.66. The molecule has 4 aromatic heterocycles. The number of rotatable bonds is 6. The summed E-state index contributed by atoms with van der Waals surface area (Å²) in [5.74, 6) is 0.803. The first-order valence-corrected chi connectivity index (χ1v) is 11.9. The van der Waals surface area contributed by atoms with Gasteiger partial charge in [-0.3, -0.25) is 4.98 Å². The molecule has 4 N–H and O–H groups in total. The fourth-order valence-electron chi connectivity index (χ4n) is 4.76. The van der Waals surface area contributed by atoms with Gasteiger partial charge in [-0.05, 0) is 57.1 Å². The maximum Gasteiger partial charge on any atom is 0.226 e. The van der Waals surface area contributed by atoms with Gasteiger partial charge in [0.05, 0.1) is 24.4 Å². The van der Waals surface area contributed by atoms with Gasteiger partial charge in [0.1, 0.15) is 17.6 Å². The molecule has 2 fully saturated rings. The molecule has 0 aromatic carbocycles. The van der Waals surface area contributed by atoms with Crippen LogP contribution < -0.4 is 10.6 Å². The lowest BCUT2D eigenvalue weighted by Crippen LogP contribution is -2.47. The standard InChI is InChI=1S/C25H28N6O4/c1-15-8-17(4-7-27-15)24-29-22(12-35-24)23(32)28-21-10-18-9-20(16-2-5-26-6-3-16)30-31(18)11-19(21)25(33)13-34-14-25/h4,7-12,16,23,26,28,32-33H,2-3,5-6,13-14H2,1H3. The van der Waals surface area contributed by atoms with Gasteiger partial charge in [-0.25, -0.2) is 9.50 Å². The van der Waals surface area contributed by atoms with E-state index in [1.54, 1.807) is 16.8 Å². The smallest absolute Gasteiger partial charge is 0.226 e. The van der Waals surface area contributed by atoms with Gasteiger partial charge >= 0.3 is 0 Å². The molecule has 0 spiro atoms. The summed E-state index contributed by atoms with van der Waals surface area (Å²) in [5.41, 5.74) is 3.94. The molecule has 6 rings (SSSR count). The van der Waals surface area contributed by atoms with Crippen LogP contribution in [0, 0.1) is 6.92 Å². The van der Waals surface area contributed by atoms with E-state index in [9.17, 15) is 10.2 Å². The van der Waals surface area contributed by atoms with Crippen molar-refractivity contribution in [3.63, 3.8) is 0 Å². The van der Waals surface area contributed by atoms with E-state index in [0.29, 0.717) is 28.8 Å². The molecule has 10 nitrogen and oxygen atoms in total.